The third kappa shape index (κ3) is 9.96. The summed E-state index contributed by atoms with van der Waals surface area (Å²) in [5, 5.41) is 9.33. The first-order chi connectivity index (χ1) is 6.70. The average molecular weight is 229 g/mol. The Morgan fingerprint density at radius 3 is 2.27 bits per heavy atom. The SMILES string of the molecule is CC(C)OCC(O)CN(C)CC(F)(F)F. The Hall–Kier alpha value is -0.330. The molecule has 0 aliphatic rings. The molecule has 92 valence electrons. The monoisotopic (exact) mass is 229 g/mol. The van der Waals surface area contributed by atoms with E-state index in [2.05, 4.69) is 0 Å². The van der Waals surface area contributed by atoms with E-state index >= 15 is 0 Å². The van der Waals surface area contributed by atoms with Crippen molar-refractivity contribution >= 4 is 0 Å². The highest BCUT2D eigenvalue weighted by molar-refractivity contribution is 4.64. The van der Waals surface area contributed by atoms with Gasteiger partial charge in [-0.15, -0.1) is 0 Å². The van der Waals surface area contributed by atoms with Crippen LogP contribution < -0.4 is 0 Å². The van der Waals surface area contributed by atoms with Gasteiger partial charge in [0.25, 0.3) is 0 Å². The van der Waals surface area contributed by atoms with E-state index in [0.717, 1.165) is 4.90 Å². The molecule has 0 fully saturated rings. The Balaban J connectivity index is 3.71. The van der Waals surface area contributed by atoms with Crippen LogP contribution in [0.5, 0.6) is 0 Å². The van der Waals surface area contributed by atoms with E-state index in [1.54, 1.807) is 13.8 Å². The Bertz CT molecular complexity index is 173. The molecule has 0 amide bonds. The van der Waals surface area contributed by atoms with E-state index in [4.69, 9.17) is 4.74 Å². The third-order valence-corrected chi connectivity index (χ3v) is 1.59. The third-order valence-electron chi connectivity index (χ3n) is 1.59. The Labute approximate surface area is 87.8 Å². The lowest BCUT2D eigenvalue weighted by Crippen LogP contribution is -2.38. The van der Waals surface area contributed by atoms with E-state index in [-0.39, 0.29) is 19.3 Å². The molecule has 0 bridgehead atoms. The summed E-state index contributed by atoms with van der Waals surface area (Å²) >= 11 is 0. The fourth-order valence-corrected chi connectivity index (χ4v) is 1.09. The van der Waals surface area contributed by atoms with E-state index in [1.165, 1.54) is 7.05 Å². The number of nitrogens with zero attached hydrogens (tertiary/aromatic N) is 1. The summed E-state index contributed by atoms with van der Waals surface area (Å²) in [5.41, 5.74) is 0. The molecule has 0 aromatic heterocycles. The van der Waals surface area contributed by atoms with Gasteiger partial charge >= 0.3 is 6.18 Å². The second-order valence-electron chi connectivity index (χ2n) is 3.85. The smallest absolute Gasteiger partial charge is 0.389 e. The van der Waals surface area contributed by atoms with Gasteiger partial charge in [0.05, 0.1) is 25.4 Å². The molecule has 3 nitrogen and oxygen atoms in total. The zero-order valence-electron chi connectivity index (χ0n) is 9.21. The first-order valence-electron chi connectivity index (χ1n) is 4.75. The van der Waals surface area contributed by atoms with Gasteiger partial charge in [0.1, 0.15) is 0 Å². The molecule has 0 aliphatic heterocycles. The molecule has 6 heteroatoms. The van der Waals surface area contributed by atoms with Crippen molar-refractivity contribution < 1.29 is 23.0 Å². The summed E-state index contributed by atoms with van der Waals surface area (Å²) in [6.45, 7) is 2.58. The molecular formula is C9H18F3NO2. The number of ether oxygens (including phenoxy) is 1. The summed E-state index contributed by atoms with van der Waals surface area (Å²) in [4.78, 5) is 1.02. The maximum absolute atomic E-state index is 11.9. The van der Waals surface area contributed by atoms with Crippen molar-refractivity contribution in [3.8, 4) is 0 Å². The molecule has 1 N–H and O–H groups in total. The molecule has 0 spiro atoms. The summed E-state index contributed by atoms with van der Waals surface area (Å²) in [5.74, 6) is 0. The highest BCUT2D eigenvalue weighted by atomic mass is 19.4. The molecule has 0 heterocycles. The molecule has 0 saturated carbocycles. The van der Waals surface area contributed by atoms with E-state index in [1.807, 2.05) is 0 Å². The van der Waals surface area contributed by atoms with Gasteiger partial charge in [0.15, 0.2) is 0 Å². The predicted octanol–water partition coefficient (Wildman–Crippen LogP) is 1.27. The minimum atomic E-state index is -4.23. The van der Waals surface area contributed by atoms with E-state index in [0.29, 0.717) is 0 Å². The molecule has 15 heavy (non-hydrogen) atoms. The number of alkyl halides is 3. The molecule has 0 rings (SSSR count). The molecular weight excluding hydrogens is 211 g/mol. The lowest BCUT2D eigenvalue weighted by Gasteiger charge is -2.22. The van der Waals surface area contributed by atoms with Crippen molar-refractivity contribution in [2.75, 3.05) is 26.7 Å². The minimum Gasteiger partial charge on any atom is -0.389 e. The first-order valence-corrected chi connectivity index (χ1v) is 4.75. The van der Waals surface area contributed by atoms with Gasteiger partial charge in [-0.3, -0.25) is 4.90 Å². The number of hydrogen-bond acceptors (Lipinski definition) is 3. The molecule has 0 aromatic carbocycles. The van der Waals surface area contributed by atoms with Crippen molar-refractivity contribution in [1.82, 2.24) is 4.90 Å². The van der Waals surface area contributed by atoms with E-state index in [9.17, 15) is 18.3 Å². The first kappa shape index (κ1) is 14.7. The maximum Gasteiger partial charge on any atom is 0.401 e. The van der Waals surface area contributed by atoms with Gasteiger partial charge < -0.3 is 9.84 Å². The van der Waals surface area contributed by atoms with Gasteiger partial charge in [-0.05, 0) is 20.9 Å². The van der Waals surface area contributed by atoms with Gasteiger partial charge in [-0.2, -0.15) is 13.2 Å². The van der Waals surface area contributed by atoms with Crippen molar-refractivity contribution in [1.29, 1.82) is 0 Å². The van der Waals surface area contributed by atoms with Crippen LogP contribution in [0, 0.1) is 0 Å². The molecule has 0 radical (unpaired) electrons. The van der Waals surface area contributed by atoms with Gasteiger partial charge in [-0.25, -0.2) is 0 Å². The fraction of sp³-hybridized carbons (Fsp3) is 1.00. The normalized spacial score (nSPS) is 15.0. The quantitative estimate of drug-likeness (QED) is 0.744. The van der Waals surface area contributed by atoms with Crippen LogP contribution in [-0.4, -0.2) is 55.1 Å². The van der Waals surface area contributed by atoms with Crippen LogP contribution in [0.15, 0.2) is 0 Å². The zero-order chi connectivity index (χ0) is 12.1. The topological polar surface area (TPSA) is 32.7 Å². The van der Waals surface area contributed by atoms with Crippen LogP contribution in [-0.2, 0) is 4.74 Å². The number of halogens is 3. The van der Waals surface area contributed by atoms with E-state index < -0.39 is 18.8 Å². The minimum absolute atomic E-state index is 0.0347. The fourth-order valence-electron chi connectivity index (χ4n) is 1.09. The van der Waals surface area contributed by atoms with Crippen LogP contribution in [0.4, 0.5) is 13.2 Å². The Morgan fingerprint density at radius 2 is 1.87 bits per heavy atom. The average Bonchev–Trinajstić information content (AvgIpc) is 1.96. The standard InChI is InChI=1S/C9H18F3NO2/c1-7(2)15-5-8(14)4-13(3)6-9(10,11)12/h7-8,14H,4-6H2,1-3H3. The van der Waals surface area contributed by atoms with Crippen molar-refractivity contribution in [3.05, 3.63) is 0 Å². The van der Waals surface area contributed by atoms with Crippen molar-refractivity contribution in [3.63, 3.8) is 0 Å². The highest BCUT2D eigenvalue weighted by Gasteiger charge is 2.29. The molecule has 1 unspecified atom stereocenters. The summed E-state index contributed by atoms with van der Waals surface area (Å²) in [6, 6.07) is 0. The predicted molar refractivity (Wildman–Crippen MR) is 50.6 cm³/mol. The van der Waals surface area contributed by atoms with Gasteiger partial charge in [0.2, 0.25) is 0 Å². The van der Waals surface area contributed by atoms with Crippen LogP contribution in [0.25, 0.3) is 0 Å². The Kier molecular flexibility index (Phi) is 6.16. The van der Waals surface area contributed by atoms with Crippen LogP contribution in [0.1, 0.15) is 13.8 Å². The second kappa shape index (κ2) is 6.30. The molecule has 0 aromatic rings. The zero-order valence-corrected chi connectivity index (χ0v) is 9.21. The van der Waals surface area contributed by atoms with Crippen LogP contribution >= 0.6 is 0 Å². The van der Waals surface area contributed by atoms with Gasteiger partial charge in [0, 0.05) is 6.54 Å². The number of likely N-dealkylation sites (N-methyl/N-ethyl adjacent to an activating group) is 1. The molecule has 0 aliphatic carbocycles. The highest BCUT2D eigenvalue weighted by Crippen LogP contribution is 2.15. The summed E-state index contributed by atoms with van der Waals surface area (Å²) < 4.78 is 40.8. The Morgan fingerprint density at radius 1 is 1.33 bits per heavy atom. The summed E-state index contributed by atoms with van der Waals surface area (Å²) in [6.07, 6.45) is -5.15. The van der Waals surface area contributed by atoms with Crippen LogP contribution in [0.3, 0.4) is 0 Å². The number of aliphatic hydroxyl groups excluding tert-OH is 1. The second-order valence-corrected chi connectivity index (χ2v) is 3.85. The van der Waals surface area contributed by atoms with Crippen molar-refractivity contribution in [2.45, 2.75) is 32.2 Å². The molecule has 0 saturated heterocycles. The number of rotatable bonds is 6. The summed E-state index contributed by atoms with van der Waals surface area (Å²) in [7, 11) is 1.31. The van der Waals surface area contributed by atoms with Gasteiger partial charge in [-0.1, -0.05) is 0 Å². The largest absolute Gasteiger partial charge is 0.401 e. The maximum atomic E-state index is 11.9. The number of hydrogen-bond donors (Lipinski definition) is 1. The lowest BCUT2D eigenvalue weighted by atomic mass is 10.3. The lowest BCUT2D eigenvalue weighted by molar-refractivity contribution is -0.146. The van der Waals surface area contributed by atoms with Crippen molar-refractivity contribution in [2.24, 2.45) is 0 Å². The molecule has 1 atom stereocenters. The number of aliphatic hydroxyl groups is 1. The van der Waals surface area contributed by atoms with Crippen LogP contribution in [0.2, 0.25) is 0 Å².